The van der Waals surface area contributed by atoms with E-state index in [4.69, 9.17) is 0 Å². The van der Waals surface area contributed by atoms with E-state index in [9.17, 15) is 14.4 Å². The van der Waals surface area contributed by atoms with Gasteiger partial charge in [-0.25, -0.2) is 0 Å². The average Bonchev–Trinajstić information content (AvgIpc) is 3.36. The van der Waals surface area contributed by atoms with Crippen molar-refractivity contribution < 1.29 is 14.4 Å². The Hall–Kier alpha value is -2.49. The summed E-state index contributed by atoms with van der Waals surface area (Å²) in [5, 5.41) is 9.19. The van der Waals surface area contributed by atoms with Gasteiger partial charge in [0.1, 0.15) is 6.04 Å². The standard InChI is InChI=1S/C24H26N4O3S2/c1-32-17-5-2-14(3-6-17)15-4-7-19-18(10-15)24(31)28-9-8-16(11-21(28)23(30)27-19)26-22(29)20-12-33-13-25-20/h2-7,10,16,20-21,25H,8-9,11-13H2,1H3,(H,26,29)(H,27,30). The largest absolute Gasteiger partial charge is 0.352 e. The molecule has 0 aromatic heterocycles. The highest BCUT2D eigenvalue weighted by atomic mass is 32.2. The van der Waals surface area contributed by atoms with Crippen LogP contribution < -0.4 is 16.0 Å². The lowest BCUT2D eigenvalue weighted by molar-refractivity contribution is -0.125. The molecule has 0 radical (unpaired) electrons. The molecule has 2 fully saturated rings. The summed E-state index contributed by atoms with van der Waals surface area (Å²) in [5.41, 5.74) is 3.01. The zero-order valence-corrected chi connectivity index (χ0v) is 19.9. The van der Waals surface area contributed by atoms with Crippen molar-refractivity contribution in [1.29, 1.82) is 0 Å². The molecule has 3 atom stereocenters. The van der Waals surface area contributed by atoms with Gasteiger partial charge in [-0.1, -0.05) is 18.2 Å². The smallest absolute Gasteiger partial charge is 0.256 e. The fourth-order valence-electron chi connectivity index (χ4n) is 4.62. The zero-order chi connectivity index (χ0) is 22.9. The summed E-state index contributed by atoms with van der Waals surface area (Å²) in [4.78, 5) is 41.9. The Morgan fingerprint density at radius 2 is 1.94 bits per heavy atom. The Kier molecular flexibility index (Phi) is 6.36. The molecule has 2 saturated heterocycles. The summed E-state index contributed by atoms with van der Waals surface area (Å²) in [6.45, 7) is 0.431. The molecule has 9 heteroatoms. The third-order valence-corrected chi connectivity index (χ3v) is 8.16. The highest BCUT2D eigenvalue weighted by Crippen LogP contribution is 2.32. The van der Waals surface area contributed by atoms with E-state index in [1.54, 1.807) is 28.4 Å². The molecule has 3 aliphatic heterocycles. The maximum Gasteiger partial charge on any atom is 0.256 e. The third-order valence-electron chi connectivity index (χ3n) is 6.48. The van der Waals surface area contributed by atoms with E-state index in [1.165, 1.54) is 4.90 Å². The van der Waals surface area contributed by atoms with Crippen LogP contribution in [0.4, 0.5) is 5.69 Å². The predicted octanol–water partition coefficient (Wildman–Crippen LogP) is 2.78. The molecule has 5 rings (SSSR count). The number of carbonyl (C=O) groups excluding carboxylic acids is 3. The monoisotopic (exact) mass is 482 g/mol. The van der Waals surface area contributed by atoms with Crippen molar-refractivity contribution in [3.63, 3.8) is 0 Å². The molecule has 2 aromatic rings. The first-order valence-electron chi connectivity index (χ1n) is 11.1. The Morgan fingerprint density at radius 1 is 1.15 bits per heavy atom. The van der Waals surface area contributed by atoms with E-state index in [0.29, 0.717) is 30.6 Å². The molecular formula is C24H26N4O3S2. The Bertz CT molecular complexity index is 1090. The summed E-state index contributed by atoms with van der Waals surface area (Å²) >= 11 is 3.38. The summed E-state index contributed by atoms with van der Waals surface area (Å²) in [6.07, 6.45) is 3.08. The van der Waals surface area contributed by atoms with E-state index in [0.717, 1.165) is 22.8 Å². The van der Waals surface area contributed by atoms with Gasteiger partial charge in [0.2, 0.25) is 11.8 Å². The summed E-state index contributed by atoms with van der Waals surface area (Å²) in [7, 11) is 0. The van der Waals surface area contributed by atoms with Gasteiger partial charge >= 0.3 is 0 Å². The van der Waals surface area contributed by atoms with Gasteiger partial charge < -0.3 is 15.5 Å². The number of benzene rings is 2. The number of amides is 3. The highest BCUT2D eigenvalue weighted by Gasteiger charge is 2.40. The normalized spacial score (nSPS) is 24.5. The second kappa shape index (κ2) is 9.40. The number of piperidine rings is 1. The average molecular weight is 483 g/mol. The molecule has 2 aromatic carbocycles. The van der Waals surface area contributed by atoms with Crippen LogP contribution in [0, 0.1) is 0 Å². The number of carbonyl (C=O) groups is 3. The summed E-state index contributed by atoms with van der Waals surface area (Å²) < 4.78 is 0. The van der Waals surface area contributed by atoms with Crippen molar-refractivity contribution in [2.45, 2.75) is 35.9 Å². The van der Waals surface area contributed by atoms with Gasteiger partial charge in [0.15, 0.2) is 0 Å². The lowest BCUT2D eigenvalue weighted by Crippen LogP contribution is -2.56. The molecule has 0 aliphatic carbocycles. The molecule has 0 saturated carbocycles. The quantitative estimate of drug-likeness (QED) is 0.581. The highest BCUT2D eigenvalue weighted by molar-refractivity contribution is 7.99. The summed E-state index contributed by atoms with van der Waals surface area (Å²) in [6, 6.07) is 12.9. The van der Waals surface area contributed by atoms with Crippen LogP contribution in [-0.4, -0.2) is 65.2 Å². The van der Waals surface area contributed by atoms with Crippen LogP contribution in [0.1, 0.15) is 23.2 Å². The fourth-order valence-corrected chi connectivity index (χ4v) is 5.97. The van der Waals surface area contributed by atoms with Crippen molar-refractivity contribution in [2.24, 2.45) is 0 Å². The Morgan fingerprint density at radius 3 is 2.67 bits per heavy atom. The van der Waals surface area contributed by atoms with E-state index in [-0.39, 0.29) is 29.8 Å². The van der Waals surface area contributed by atoms with Crippen molar-refractivity contribution in [2.75, 3.05) is 29.7 Å². The van der Waals surface area contributed by atoms with Gasteiger partial charge in [-0.05, 0) is 54.5 Å². The minimum absolute atomic E-state index is 0.0285. The SMILES string of the molecule is CSc1ccc(-c2ccc3c(c2)C(=O)N2CCC(NC(=O)C4CSCN4)CC2C(=O)N3)cc1. The van der Waals surface area contributed by atoms with Crippen molar-refractivity contribution in [3.8, 4) is 11.1 Å². The number of nitrogens with one attached hydrogen (secondary N) is 3. The van der Waals surface area contributed by atoms with E-state index < -0.39 is 6.04 Å². The molecule has 172 valence electrons. The van der Waals surface area contributed by atoms with Crippen LogP contribution in [0.3, 0.4) is 0 Å². The molecule has 3 aliphatic rings. The van der Waals surface area contributed by atoms with Gasteiger partial charge in [0, 0.05) is 29.1 Å². The van der Waals surface area contributed by atoms with Crippen LogP contribution in [0.5, 0.6) is 0 Å². The number of rotatable bonds is 4. The van der Waals surface area contributed by atoms with E-state index in [2.05, 4.69) is 28.1 Å². The topological polar surface area (TPSA) is 90.5 Å². The molecule has 0 bridgehead atoms. The van der Waals surface area contributed by atoms with Gasteiger partial charge in [-0.15, -0.1) is 23.5 Å². The third kappa shape index (κ3) is 4.49. The second-order valence-electron chi connectivity index (χ2n) is 8.49. The van der Waals surface area contributed by atoms with Crippen LogP contribution in [0.2, 0.25) is 0 Å². The van der Waals surface area contributed by atoms with Crippen LogP contribution in [0.25, 0.3) is 11.1 Å². The molecule has 3 amide bonds. The fraction of sp³-hybridized carbons (Fsp3) is 0.375. The first kappa shape index (κ1) is 22.3. The van der Waals surface area contributed by atoms with Crippen LogP contribution >= 0.6 is 23.5 Å². The minimum atomic E-state index is -0.598. The number of anilines is 1. The first-order chi connectivity index (χ1) is 16.0. The predicted molar refractivity (Wildman–Crippen MR) is 133 cm³/mol. The second-order valence-corrected chi connectivity index (χ2v) is 10.4. The lowest BCUT2D eigenvalue weighted by atomic mass is 9.95. The molecule has 7 nitrogen and oxygen atoms in total. The zero-order valence-electron chi connectivity index (χ0n) is 18.3. The summed E-state index contributed by atoms with van der Waals surface area (Å²) in [5.74, 6) is 1.16. The Labute approximate surface area is 201 Å². The van der Waals surface area contributed by atoms with Gasteiger partial charge in [0.05, 0.1) is 17.3 Å². The molecular weight excluding hydrogens is 456 g/mol. The maximum atomic E-state index is 13.5. The van der Waals surface area contributed by atoms with Crippen molar-refractivity contribution in [3.05, 3.63) is 48.0 Å². The molecule has 3 N–H and O–H groups in total. The first-order valence-corrected chi connectivity index (χ1v) is 13.4. The van der Waals surface area contributed by atoms with Crippen LogP contribution in [-0.2, 0) is 9.59 Å². The van der Waals surface area contributed by atoms with Gasteiger partial charge in [-0.2, -0.15) is 0 Å². The lowest BCUT2D eigenvalue weighted by Gasteiger charge is -2.37. The maximum absolute atomic E-state index is 13.5. The molecule has 3 unspecified atom stereocenters. The number of nitrogens with zero attached hydrogens (tertiary/aromatic N) is 1. The number of hydrogen-bond donors (Lipinski definition) is 3. The molecule has 0 spiro atoms. The van der Waals surface area contributed by atoms with E-state index >= 15 is 0 Å². The van der Waals surface area contributed by atoms with Crippen LogP contribution in [0.15, 0.2) is 47.4 Å². The molecule has 3 heterocycles. The minimum Gasteiger partial charge on any atom is -0.352 e. The van der Waals surface area contributed by atoms with Gasteiger partial charge in [0.25, 0.3) is 5.91 Å². The Balaban J connectivity index is 1.35. The van der Waals surface area contributed by atoms with Gasteiger partial charge in [-0.3, -0.25) is 19.7 Å². The van der Waals surface area contributed by atoms with Crippen molar-refractivity contribution >= 4 is 46.9 Å². The number of thioether (sulfide) groups is 2. The number of hydrogen-bond acceptors (Lipinski definition) is 6. The van der Waals surface area contributed by atoms with Crippen molar-refractivity contribution in [1.82, 2.24) is 15.5 Å². The molecule has 33 heavy (non-hydrogen) atoms. The number of fused-ring (bicyclic) bond motifs is 2. The van der Waals surface area contributed by atoms with E-state index in [1.807, 2.05) is 36.6 Å².